The molecule has 11 heteroatoms. The van der Waals surface area contributed by atoms with Gasteiger partial charge in [-0.2, -0.15) is 5.26 Å². The molecule has 0 saturated carbocycles. The summed E-state index contributed by atoms with van der Waals surface area (Å²) in [5.41, 5.74) is 1.14. The number of hydrogen-bond donors (Lipinski definition) is 2. The number of halogens is 2. The summed E-state index contributed by atoms with van der Waals surface area (Å²) in [7, 11) is 1.60. The average molecular weight is 538 g/mol. The van der Waals surface area contributed by atoms with E-state index in [0.29, 0.717) is 28.7 Å². The van der Waals surface area contributed by atoms with Crippen LogP contribution >= 0.6 is 23.2 Å². The number of benzene rings is 2. The van der Waals surface area contributed by atoms with Gasteiger partial charge >= 0.3 is 12.0 Å². The first-order chi connectivity index (χ1) is 17.6. The van der Waals surface area contributed by atoms with Crippen LogP contribution in [0.5, 0.6) is 0 Å². The summed E-state index contributed by atoms with van der Waals surface area (Å²) in [6.07, 6.45) is 1.62. The van der Waals surface area contributed by atoms with Gasteiger partial charge in [0.2, 0.25) is 0 Å². The van der Waals surface area contributed by atoms with Crippen LogP contribution in [-0.2, 0) is 11.3 Å². The lowest BCUT2D eigenvalue weighted by molar-refractivity contribution is -0.124. The van der Waals surface area contributed by atoms with Crippen LogP contribution in [0.2, 0.25) is 10.0 Å². The molecule has 1 aromatic heterocycles. The van der Waals surface area contributed by atoms with E-state index in [9.17, 15) is 24.8 Å². The molecular formula is C26H21Cl2N5O4. The molecule has 3 aromatic rings. The first-order valence-electron chi connectivity index (χ1n) is 11.4. The highest BCUT2D eigenvalue weighted by Gasteiger charge is 2.64. The van der Waals surface area contributed by atoms with Gasteiger partial charge in [0.05, 0.1) is 17.3 Å². The van der Waals surface area contributed by atoms with Crippen LogP contribution in [0.3, 0.4) is 0 Å². The number of hydrogen-bond acceptors (Lipinski definition) is 5. The van der Waals surface area contributed by atoms with Crippen LogP contribution in [0.25, 0.3) is 0 Å². The third-order valence-electron chi connectivity index (χ3n) is 7.06. The number of aromatic nitrogens is 1. The summed E-state index contributed by atoms with van der Waals surface area (Å²) in [6, 6.07) is 14.7. The van der Waals surface area contributed by atoms with Crippen molar-refractivity contribution in [3.8, 4) is 6.07 Å². The van der Waals surface area contributed by atoms with Crippen molar-refractivity contribution >= 4 is 46.8 Å². The minimum absolute atomic E-state index is 0.0702. The third-order valence-corrected chi connectivity index (χ3v) is 7.50. The SMILES string of the molecule is CN1C(=O)N(c2cc(Cl)cc(Cl)c2)C(=O)[C@]12CN(Cc1c[nH]c(C(=O)O)c1)C[C@H]2c1ccc(C#N)cc1. The summed E-state index contributed by atoms with van der Waals surface area (Å²) in [4.78, 5) is 46.4. The second kappa shape index (κ2) is 9.23. The average Bonchev–Trinajstić information content (AvgIpc) is 3.53. The van der Waals surface area contributed by atoms with Gasteiger partial charge in [0, 0.05) is 48.8 Å². The van der Waals surface area contributed by atoms with Crippen molar-refractivity contribution in [1.29, 1.82) is 5.26 Å². The second-order valence-electron chi connectivity index (χ2n) is 9.22. The molecule has 37 heavy (non-hydrogen) atoms. The summed E-state index contributed by atoms with van der Waals surface area (Å²) in [5, 5.41) is 19.1. The largest absolute Gasteiger partial charge is 0.477 e. The van der Waals surface area contributed by atoms with Crippen molar-refractivity contribution in [2.24, 2.45) is 0 Å². The molecule has 1 spiro atoms. The maximum Gasteiger partial charge on any atom is 0.352 e. The zero-order chi connectivity index (χ0) is 26.5. The van der Waals surface area contributed by atoms with Crippen molar-refractivity contribution in [2.45, 2.75) is 18.0 Å². The monoisotopic (exact) mass is 537 g/mol. The van der Waals surface area contributed by atoms with Gasteiger partial charge in [0.1, 0.15) is 11.2 Å². The van der Waals surface area contributed by atoms with Crippen LogP contribution in [0, 0.1) is 11.3 Å². The maximum absolute atomic E-state index is 14.2. The fraction of sp³-hybridized carbons (Fsp3) is 0.231. The number of nitriles is 1. The second-order valence-corrected chi connectivity index (χ2v) is 10.1. The highest BCUT2D eigenvalue weighted by Crippen LogP contribution is 2.47. The summed E-state index contributed by atoms with van der Waals surface area (Å²) < 4.78 is 0. The number of nitrogens with zero attached hydrogens (tertiary/aromatic N) is 4. The maximum atomic E-state index is 14.2. The number of urea groups is 1. The van der Waals surface area contributed by atoms with Crippen molar-refractivity contribution < 1.29 is 19.5 Å². The number of rotatable bonds is 5. The number of carboxylic acids is 1. The van der Waals surface area contributed by atoms with Gasteiger partial charge in [-0.05, 0) is 47.5 Å². The van der Waals surface area contributed by atoms with Crippen LogP contribution in [-0.4, -0.2) is 63.5 Å². The van der Waals surface area contributed by atoms with Crippen LogP contribution in [0.4, 0.5) is 10.5 Å². The number of likely N-dealkylation sites (N-methyl/N-ethyl adjacent to an activating group) is 1. The molecule has 3 heterocycles. The molecular weight excluding hydrogens is 517 g/mol. The normalized spacial score (nSPS) is 21.7. The molecule has 2 saturated heterocycles. The Hall–Kier alpha value is -3.84. The Balaban J connectivity index is 1.56. The molecule has 0 radical (unpaired) electrons. The molecule has 9 nitrogen and oxygen atoms in total. The standard InChI is InChI=1S/C26H21Cl2N5O4/c1-31-25(37)33(20-8-18(27)7-19(28)9-20)24(36)26(31)14-32(12-16-6-22(23(34)35)30-11-16)13-21(26)17-4-2-15(10-29)3-5-17/h2-9,11,21,30H,12-14H2,1H3,(H,34,35)/t21-,26+/m0/s1. The number of aromatic amines is 1. The van der Waals surface area contributed by atoms with E-state index in [4.69, 9.17) is 23.2 Å². The number of H-pyrrole nitrogens is 1. The van der Waals surface area contributed by atoms with Gasteiger partial charge in [-0.25, -0.2) is 14.5 Å². The lowest BCUT2D eigenvalue weighted by Crippen LogP contribution is -2.53. The van der Waals surface area contributed by atoms with Crippen molar-refractivity contribution in [1.82, 2.24) is 14.8 Å². The number of imide groups is 1. The number of carbonyl (C=O) groups excluding carboxylic acids is 2. The Kier molecular flexibility index (Phi) is 6.20. The fourth-order valence-electron chi connectivity index (χ4n) is 5.33. The Morgan fingerprint density at radius 3 is 2.43 bits per heavy atom. The van der Waals surface area contributed by atoms with Crippen molar-refractivity contribution in [2.75, 3.05) is 25.0 Å². The highest BCUT2D eigenvalue weighted by atomic mass is 35.5. The molecule has 0 aliphatic carbocycles. The van der Waals surface area contributed by atoms with Crippen molar-refractivity contribution in [3.63, 3.8) is 0 Å². The Morgan fingerprint density at radius 1 is 1.16 bits per heavy atom. The quantitative estimate of drug-likeness (QED) is 0.467. The highest BCUT2D eigenvalue weighted by molar-refractivity contribution is 6.35. The number of carboxylic acid groups (broad SMARTS) is 1. The summed E-state index contributed by atoms with van der Waals surface area (Å²) in [6.45, 7) is 1.01. The van der Waals surface area contributed by atoms with E-state index in [-0.39, 0.29) is 17.9 Å². The van der Waals surface area contributed by atoms with Gasteiger partial charge < -0.3 is 15.0 Å². The van der Waals surface area contributed by atoms with E-state index >= 15 is 0 Å². The van der Waals surface area contributed by atoms with E-state index in [0.717, 1.165) is 16.0 Å². The van der Waals surface area contributed by atoms with Gasteiger partial charge in [0.25, 0.3) is 5.91 Å². The predicted octanol–water partition coefficient (Wildman–Crippen LogP) is 4.33. The number of carbonyl (C=O) groups is 3. The molecule has 2 atom stereocenters. The lowest BCUT2D eigenvalue weighted by Gasteiger charge is -2.34. The minimum atomic E-state index is -1.24. The van der Waals surface area contributed by atoms with Crippen molar-refractivity contribution in [3.05, 3.63) is 87.2 Å². The molecule has 2 aliphatic rings. The molecule has 2 fully saturated rings. The number of anilines is 1. The predicted molar refractivity (Wildman–Crippen MR) is 137 cm³/mol. The minimum Gasteiger partial charge on any atom is -0.477 e. The smallest absolute Gasteiger partial charge is 0.352 e. The molecule has 0 bridgehead atoms. The van der Waals surface area contributed by atoms with E-state index in [1.807, 2.05) is 4.90 Å². The Morgan fingerprint density at radius 2 is 1.84 bits per heavy atom. The number of aromatic carboxylic acids is 1. The molecule has 5 rings (SSSR count). The number of likely N-dealkylation sites (tertiary alicyclic amines) is 1. The molecule has 2 aliphatic heterocycles. The van der Waals surface area contributed by atoms with E-state index < -0.39 is 29.4 Å². The Bertz CT molecular complexity index is 1440. The van der Waals surface area contributed by atoms with E-state index in [2.05, 4.69) is 11.1 Å². The fourth-order valence-corrected chi connectivity index (χ4v) is 5.84. The molecule has 188 valence electrons. The third kappa shape index (κ3) is 4.13. The van der Waals surface area contributed by atoms with Gasteiger partial charge in [-0.15, -0.1) is 0 Å². The van der Waals surface area contributed by atoms with Crippen LogP contribution in [0.15, 0.2) is 54.7 Å². The first-order valence-corrected chi connectivity index (χ1v) is 12.1. The zero-order valence-corrected chi connectivity index (χ0v) is 21.1. The molecule has 0 unspecified atom stereocenters. The van der Waals surface area contributed by atoms with E-state index in [1.54, 1.807) is 43.6 Å². The summed E-state index contributed by atoms with van der Waals surface area (Å²) >= 11 is 12.4. The van der Waals surface area contributed by atoms with E-state index in [1.165, 1.54) is 23.1 Å². The summed E-state index contributed by atoms with van der Waals surface area (Å²) in [5.74, 6) is -1.89. The van der Waals surface area contributed by atoms with Gasteiger partial charge in [-0.3, -0.25) is 9.69 Å². The van der Waals surface area contributed by atoms with Gasteiger partial charge in [-0.1, -0.05) is 35.3 Å². The number of nitrogens with one attached hydrogen (secondary N) is 1. The zero-order valence-electron chi connectivity index (χ0n) is 19.6. The topological polar surface area (TPSA) is 121 Å². The Labute approximate surface area is 222 Å². The lowest BCUT2D eigenvalue weighted by atomic mass is 9.80. The first kappa shape index (κ1) is 24.8. The number of amides is 3. The molecule has 3 amide bonds. The van der Waals surface area contributed by atoms with Gasteiger partial charge in [0.15, 0.2) is 0 Å². The molecule has 2 N–H and O–H groups in total. The van der Waals surface area contributed by atoms with Crippen LogP contribution < -0.4 is 4.90 Å². The van der Waals surface area contributed by atoms with Crippen LogP contribution in [0.1, 0.15) is 33.1 Å². The molecule has 2 aromatic carbocycles.